The first kappa shape index (κ1) is 14.2. The summed E-state index contributed by atoms with van der Waals surface area (Å²) in [5.74, 6) is 0.656. The van der Waals surface area contributed by atoms with Crippen LogP contribution in [0.1, 0.15) is 0 Å². The summed E-state index contributed by atoms with van der Waals surface area (Å²) >= 11 is 0. The van der Waals surface area contributed by atoms with Gasteiger partial charge >= 0.3 is 0 Å². The lowest BCUT2D eigenvalue weighted by Gasteiger charge is -1.95. The van der Waals surface area contributed by atoms with Crippen molar-refractivity contribution < 1.29 is 18.4 Å². The van der Waals surface area contributed by atoms with Crippen LogP contribution in [0.15, 0.2) is 53.4 Å². The second-order valence-corrected chi connectivity index (χ2v) is 5.53. The van der Waals surface area contributed by atoms with E-state index in [4.69, 9.17) is 4.55 Å². The molecule has 1 aromatic heterocycles. The molecule has 0 aliphatic carbocycles. The Balaban J connectivity index is 0.00000147. The highest BCUT2D eigenvalue weighted by molar-refractivity contribution is 7.85. The number of nitrogens with one attached hydrogen (secondary N) is 1. The zero-order valence-corrected chi connectivity index (χ0v) is 11.1. The minimum Gasteiger partial charge on any atom is -0.412 e. The van der Waals surface area contributed by atoms with Crippen molar-refractivity contribution in [3.63, 3.8) is 0 Å². The third-order valence-electron chi connectivity index (χ3n) is 2.80. The Bertz CT molecular complexity index is 841. The van der Waals surface area contributed by atoms with Gasteiger partial charge in [-0.2, -0.15) is 8.42 Å². The van der Waals surface area contributed by atoms with Crippen LogP contribution >= 0.6 is 0 Å². The summed E-state index contributed by atoms with van der Waals surface area (Å²) in [6.07, 6.45) is 0. The quantitative estimate of drug-likeness (QED) is 0.699. The summed E-state index contributed by atoms with van der Waals surface area (Å²) in [6.45, 7) is 0. The number of hydrogen-bond donors (Lipinski definition) is 2. The molecule has 3 rings (SSSR count). The van der Waals surface area contributed by atoms with Gasteiger partial charge in [0.25, 0.3) is 10.1 Å². The summed E-state index contributed by atoms with van der Waals surface area (Å²) in [4.78, 5) is 7.26. The molecule has 0 bridgehead atoms. The van der Waals surface area contributed by atoms with E-state index < -0.39 is 10.1 Å². The molecule has 0 saturated carbocycles. The molecule has 0 radical (unpaired) electrons. The summed E-state index contributed by atoms with van der Waals surface area (Å²) in [7, 11) is -4.20. The van der Waals surface area contributed by atoms with Crippen molar-refractivity contribution in [2.24, 2.45) is 0 Å². The van der Waals surface area contributed by atoms with E-state index in [1.165, 1.54) is 12.1 Å². The van der Waals surface area contributed by atoms with Gasteiger partial charge in [-0.15, -0.1) is 0 Å². The van der Waals surface area contributed by atoms with Crippen molar-refractivity contribution in [3.8, 4) is 11.4 Å². The average molecular weight is 292 g/mol. The Hall–Kier alpha value is -2.22. The molecule has 6 nitrogen and oxygen atoms in total. The van der Waals surface area contributed by atoms with Crippen LogP contribution in [0.4, 0.5) is 0 Å². The topological polar surface area (TPSA) is 115 Å². The average Bonchev–Trinajstić information content (AvgIpc) is 2.81. The standard InChI is InChI=1S/C13H10N2O3S.H2O/c16-19(17,18)10-6-7-11-12(8-10)15-13(14-11)9-4-2-1-3-5-9;/h1-8H,(H,14,15)(H,16,17,18);1H2. The van der Waals surface area contributed by atoms with E-state index >= 15 is 0 Å². The lowest BCUT2D eigenvalue weighted by molar-refractivity contribution is 0.483. The third kappa shape index (κ3) is 2.55. The lowest BCUT2D eigenvalue weighted by Crippen LogP contribution is -1.97. The fourth-order valence-electron chi connectivity index (χ4n) is 1.88. The van der Waals surface area contributed by atoms with Gasteiger partial charge in [0.2, 0.25) is 0 Å². The normalized spacial score (nSPS) is 11.2. The van der Waals surface area contributed by atoms with Gasteiger partial charge < -0.3 is 10.5 Å². The Morgan fingerprint density at radius 1 is 1.05 bits per heavy atom. The van der Waals surface area contributed by atoms with Gasteiger partial charge in [-0.05, 0) is 18.2 Å². The van der Waals surface area contributed by atoms with Crippen LogP contribution in [0.2, 0.25) is 0 Å². The number of H-pyrrole nitrogens is 1. The van der Waals surface area contributed by atoms with Crippen molar-refractivity contribution in [1.82, 2.24) is 9.97 Å². The zero-order valence-electron chi connectivity index (χ0n) is 10.2. The Kier molecular flexibility index (Phi) is 3.58. The number of benzene rings is 2. The minimum atomic E-state index is -4.20. The molecule has 0 spiro atoms. The summed E-state index contributed by atoms with van der Waals surface area (Å²) < 4.78 is 31.2. The Morgan fingerprint density at radius 2 is 1.75 bits per heavy atom. The largest absolute Gasteiger partial charge is 0.412 e. The van der Waals surface area contributed by atoms with Crippen LogP contribution in [-0.4, -0.2) is 28.4 Å². The molecular weight excluding hydrogens is 280 g/mol. The van der Waals surface area contributed by atoms with Gasteiger partial charge in [0.05, 0.1) is 15.9 Å². The molecule has 4 N–H and O–H groups in total. The first-order valence-electron chi connectivity index (χ1n) is 5.57. The molecule has 0 saturated heterocycles. The second kappa shape index (κ2) is 5.04. The Labute approximate surface area is 115 Å². The monoisotopic (exact) mass is 292 g/mol. The van der Waals surface area contributed by atoms with Crippen molar-refractivity contribution in [1.29, 1.82) is 0 Å². The van der Waals surface area contributed by atoms with Crippen molar-refractivity contribution in [3.05, 3.63) is 48.5 Å². The molecular formula is C13H12N2O4S. The molecule has 7 heteroatoms. The van der Waals surface area contributed by atoms with Gasteiger partial charge in [-0.1, -0.05) is 30.3 Å². The van der Waals surface area contributed by atoms with Crippen LogP contribution < -0.4 is 0 Å². The first-order valence-corrected chi connectivity index (χ1v) is 7.01. The minimum absolute atomic E-state index is 0. The number of fused-ring (bicyclic) bond motifs is 1. The SMILES string of the molecule is O.O=S(=O)(O)c1ccc2nc(-c3ccccc3)[nH]c2c1. The molecule has 0 atom stereocenters. The fourth-order valence-corrected chi connectivity index (χ4v) is 2.39. The van der Waals surface area contributed by atoms with Crippen LogP contribution in [-0.2, 0) is 10.1 Å². The summed E-state index contributed by atoms with van der Waals surface area (Å²) in [5.41, 5.74) is 2.12. The fraction of sp³-hybridized carbons (Fsp3) is 0. The number of hydrogen-bond acceptors (Lipinski definition) is 3. The summed E-state index contributed by atoms with van der Waals surface area (Å²) in [6, 6.07) is 13.8. The predicted molar refractivity (Wildman–Crippen MR) is 75.0 cm³/mol. The van der Waals surface area contributed by atoms with Crippen LogP contribution in [0, 0.1) is 0 Å². The van der Waals surface area contributed by atoms with E-state index in [-0.39, 0.29) is 10.4 Å². The second-order valence-electron chi connectivity index (χ2n) is 4.11. The van der Waals surface area contributed by atoms with Gasteiger partial charge in [0.15, 0.2) is 0 Å². The molecule has 2 aromatic carbocycles. The molecule has 1 heterocycles. The number of imidazole rings is 1. The molecule has 3 aromatic rings. The zero-order chi connectivity index (χ0) is 13.5. The Morgan fingerprint density at radius 3 is 2.40 bits per heavy atom. The van der Waals surface area contributed by atoms with E-state index in [2.05, 4.69) is 9.97 Å². The van der Waals surface area contributed by atoms with E-state index in [0.717, 1.165) is 5.56 Å². The third-order valence-corrected chi connectivity index (χ3v) is 3.65. The number of aromatic nitrogens is 2. The van der Waals surface area contributed by atoms with E-state index in [1.807, 2.05) is 30.3 Å². The highest BCUT2D eigenvalue weighted by Gasteiger charge is 2.12. The number of nitrogens with zero attached hydrogens (tertiary/aromatic N) is 1. The molecule has 0 fully saturated rings. The van der Waals surface area contributed by atoms with Gasteiger partial charge in [-0.3, -0.25) is 4.55 Å². The van der Waals surface area contributed by atoms with E-state index in [0.29, 0.717) is 16.9 Å². The summed E-state index contributed by atoms with van der Waals surface area (Å²) in [5, 5.41) is 0. The smallest absolute Gasteiger partial charge is 0.294 e. The predicted octanol–water partition coefficient (Wildman–Crippen LogP) is 1.65. The highest BCUT2D eigenvalue weighted by atomic mass is 32.2. The lowest BCUT2D eigenvalue weighted by atomic mass is 10.2. The van der Waals surface area contributed by atoms with Crippen LogP contribution in [0.25, 0.3) is 22.4 Å². The molecule has 0 aliphatic heterocycles. The molecule has 0 amide bonds. The van der Waals surface area contributed by atoms with Gasteiger partial charge in [0.1, 0.15) is 5.82 Å². The molecule has 20 heavy (non-hydrogen) atoms. The number of aromatic amines is 1. The van der Waals surface area contributed by atoms with Gasteiger partial charge in [-0.25, -0.2) is 4.98 Å². The van der Waals surface area contributed by atoms with E-state index in [9.17, 15) is 8.42 Å². The van der Waals surface area contributed by atoms with Crippen molar-refractivity contribution in [2.45, 2.75) is 4.90 Å². The van der Waals surface area contributed by atoms with E-state index in [1.54, 1.807) is 6.07 Å². The molecule has 104 valence electrons. The van der Waals surface area contributed by atoms with Crippen molar-refractivity contribution in [2.75, 3.05) is 0 Å². The van der Waals surface area contributed by atoms with Crippen LogP contribution in [0.5, 0.6) is 0 Å². The highest BCUT2D eigenvalue weighted by Crippen LogP contribution is 2.22. The maximum absolute atomic E-state index is 11.1. The molecule has 0 unspecified atom stereocenters. The van der Waals surface area contributed by atoms with Crippen molar-refractivity contribution >= 4 is 21.2 Å². The molecule has 0 aliphatic rings. The first-order chi connectivity index (χ1) is 9.04. The number of rotatable bonds is 2. The van der Waals surface area contributed by atoms with Gasteiger partial charge in [0, 0.05) is 5.56 Å². The van der Waals surface area contributed by atoms with Crippen LogP contribution in [0.3, 0.4) is 0 Å². The maximum atomic E-state index is 11.1. The maximum Gasteiger partial charge on any atom is 0.294 e.